The third-order valence-electron chi connectivity index (χ3n) is 3.73. The minimum absolute atomic E-state index is 0.0594. The number of non-ortho nitro benzene ring substituents is 1. The van der Waals surface area contributed by atoms with Crippen molar-refractivity contribution in [3.8, 4) is 6.07 Å². The second kappa shape index (κ2) is 7.90. The molecule has 8 nitrogen and oxygen atoms in total. The summed E-state index contributed by atoms with van der Waals surface area (Å²) < 4.78 is 40.5. The molecule has 0 aliphatic rings. The smallest absolute Gasteiger partial charge is 0.347 e. The van der Waals surface area contributed by atoms with Crippen molar-refractivity contribution >= 4 is 57.6 Å². The molecule has 0 saturated carbocycles. The maximum atomic E-state index is 13.5. The van der Waals surface area contributed by atoms with Crippen molar-refractivity contribution in [2.75, 3.05) is 5.32 Å². The summed E-state index contributed by atoms with van der Waals surface area (Å²) in [4.78, 5) is 19.8. The summed E-state index contributed by atoms with van der Waals surface area (Å²) >= 11 is 18.0. The van der Waals surface area contributed by atoms with Gasteiger partial charge in [-0.2, -0.15) is 18.4 Å². The van der Waals surface area contributed by atoms with Crippen LogP contribution in [0.5, 0.6) is 0 Å². The number of nitro groups is 2. The number of hydrogen-bond donors (Lipinski definition) is 1. The van der Waals surface area contributed by atoms with E-state index in [9.17, 15) is 33.4 Å². The van der Waals surface area contributed by atoms with E-state index in [4.69, 9.17) is 40.1 Å². The summed E-state index contributed by atoms with van der Waals surface area (Å²) in [5, 5.41) is 32.3. The Bertz CT molecular complexity index is 1070. The lowest BCUT2D eigenvalue weighted by Crippen LogP contribution is -2.12. The fraction of sp³-hybridized carbons (Fsp3) is 0.133. The molecule has 152 valence electrons. The van der Waals surface area contributed by atoms with E-state index in [1.54, 1.807) is 6.07 Å². The molecule has 0 heterocycles. The highest BCUT2D eigenvalue weighted by Crippen LogP contribution is 2.48. The number of nitriles is 1. The van der Waals surface area contributed by atoms with E-state index in [1.807, 2.05) is 0 Å². The quantitative estimate of drug-likeness (QED) is 0.314. The third kappa shape index (κ3) is 4.14. The number of rotatable bonds is 4. The Morgan fingerprint density at radius 3 is 2.07 bits per heavy atom. The van der Waals surface area contributed by atoms with Gasteiger partial charge in [-0.05, 0) is 12.5 Å². The van der Waals surface area contributed by atoms with Gasteiger partial charge in [-0.15, -0.1) is 0 Å². The topological polar surface area (TPSA) is 122 Å². The molecular weight excluding hydrogens is 464 g/mol. The van der Waals surface area contributed by atoms with Gasteiger partial charge in [0.05, 0.1) is 47.8 Å². The van der Waals surface area contributed by atoms with Gasteiger partial charge in [-0.25, -0.2) is 0 Å². The predicted octanol–water partition coefficient (Wildman–Crippen LogP) is 6.41. The second-order valence-electron chi connectivity index (χ2n) is 5.45. The molecule has 0 amide bonds. The molecule has 0 radical (unpaired) electrons. The minimum atomic E-state index is -5.20. The van der Waals surface area contributed by atoms with E-state index >= 15 is 0 Å². The monoisotopic (exact) mass is 468 g/mol. The SMILES string of the molecule is Cc1c(Cl)c(Nc2c([N+](=O)[O-])cc([N+](=O)[O-])cc2C(F)(F)F)c(Cl)c(Cl)c1C#N. The molecule has 0 saturated heterocycles. The van der Waals surface area contributed by atoms with Crippen LogP contribution in [0, 0.1) is 38.5 Å². The lowest BCUT2D eigenvalue weighted by atomic mass is 10.1. The van der Waals surface area contributed by atoms with Crippen LogP contribution in [0.15, 0.2) is 12.1 Å². The van der Waals surface area contributed by atoms with Gasteiger partial charge in [0.1, 0.15) is 11.8 Å². The van der Waals surface area contributed by atoms with E-state index in [0.717, 1.165) is 0 Å². The van der Waals surface area contributed by atoms with Gasteiger partial charge in [0, 0.05) is 6.07 Å². The maximum Gasteiger partial charge on any atom is 0.418 e. The Morgan fingerprint density at radius 2 is 1.62 bits per heavy atom. The molecule has 1 N–H and O–H groups in total. The summed E-state index contributed by atoms with van der Waals surface area (Å²) in [6, 6.07) is 2.22. The summed E-state index contributed by atoms with van der Waals surface area (Å²) in [6.07, 6.45) is -5.20. The van der Waals surface area contributed by atoms with E-state index in [2.05, 4.69) is 5.32 Å². The van der Waals surface area contributed by atoms with E-state index in [1.165, 1.54) is 6.92 Å². The van der Waals surface area contributed by atoms with Gasteiger partial charge in [0.25, 0.3) is 11.4 Å². The molecule has 14 heteroatoms. The lowest BCUT2D eigenvalue weighted by Gasteiger charge is -2.18. The Labute approximate surface area is 174 Å². The zero-order valence-electron chi connectivity index (χ0n) is 13.9. The standard InChI is InChI=1S/C15H6Cl3F3N4O4/c1-5-7(4-22)11(17)12(18)14(10(5)16)23-13-8(15(19,20)21)2-6(24(26)27)3-9(13)25(28)29/h2-3,23H,1H3. The highest BCUT2D eigenvalue weighted by atomic mass is 35.5. The van der Waals surface area contributed by atoms with Crippen LogP contribution >= 0.6 is 34.8 Å². The van der Waals surface area contributed by atoms with Crippen molar-refractivity contribution < 1.29 is 23.0 Å². The first kappa shape index (κ1) is 22.5. The van der Waals surface area contributed by atoms with Gasteiger partial charge < -0.3 is 5.32 Å². The number of benzene rings is 2. The number of alkyl halides is 3. The van der Waals surface area contributed by atoms with Crippen LogP contribution in [-0.2, 0) is 6.18 Å². The van der Waals surface area contributed by atoms with Gasteiger partial charge in [0.15, 0.2) is 0 Å². The molecule has 0 aromatic heterocycles. The fourth-order valence-corrected chi connectivity index (χ4v) is 3.16. The van der Waals surface area contributed by atoms with E-state index < -0.39 is 49.4 Å². The normalized spacial score (nSPS) is 11.1. The van der Waals surface area contributed by atoms with E-state index in [0.29, 0.717) is 6.07 Å². The van der Waals surface area contributed by atoms with Crippen molar-refractivity contribution in [1.29, 1.82) is 5.26 Å². The van der Waals surface area contributed by atoms with E-state index in [-0.39, 0.29) is 27.2 Å². The molecule has 2 aromatic rings. The van der Waals surface area contributed by atoms with Crippen molar-refractivity contribution in [1.82, 2.24) is 0 Å². The number of halogens is 6. The van der Waals surface area contributed by atoms with Crippen LogP contribution < -0.4 is 5.32 Å². The van der Waals surface area contributed by atoms with Crippen LogP contribution in [0.25, 0.3) is 0 Å². The van der Waals surface area contributed by atoms with Crippen LogP contribution in [0.3, 0.4) is 0 Å². The summed E-state index contributed by atoms with van der Waals surface area (Å²) in [5.74, 6) is 0. The van der Waals surface area contributed by atoms with Gasteiger partial charge in [-0.1, -0.05) is 34.8 Å². The molecule has 29 heavy (non-hydrogen) atoms. The van der Waals surface area contributed by atoms with Crippen LogP contribution in [0.2, 0.25) is 15.1 Å². The molecule has 0 bridgehead atoms. The number of nitro benzene ring substituents is 2. The first-order valence-electron chi connectivity index (χ1n) is 7.19. The van der Waals surface area contributed by atoms with Crippen LogP contribution in [-0.4, -0.2) is 9.85 Å². The zero-order chi connectivity index (χ0) is 22.3. The van der Waals surface area contributed by atoms with Crippen LogP contribution in [0.4, 0.5) is 35.9 Å². The summed E-state index contributed by atoms with van der Waals surface area (Å²) in [7, 11) is 0. The minimum Gasteiger partial charge on any atom is -0.347 e. The number of hydrogen-bond acceptors (Lipinski definition) is 6. The Balaban J connectivity index is 2.88. The molecule has 0 unspecified atom stereocenters. The number of nitrogens with one attached hydrogen (secondary N) is 1. The Hall–Kier alpha value is -2.81. The number of anilines is 2. The Morgan fingerprint density at radius 1 is 1.03 bits per heavy atom. The molecule has 2 aromatic carbocycles. The zero-order valence-corrected chi connectivity index (χ0v) is 16.2. The number of nitrogens with zero attached hydrogens (tertiary/aromatic N) is 3. The summed E-state index contributed by atoms with van der Waals surface area (Å²) in [6.45, 7) is 1.34. The highest BCUT2D eigenvalue weighted by Gasteiger charge is 2.40. The van der Waals surface area contributed by atoms with Crippen molar-refractivity contribution in [3.05, 3.63) is 64.1 Å². The van der Waals surface area contributed by atoms with Gasteiger partial charge >= 0.3 is 6.18 Å². The van der Waals surface area contributed by atoms with Crippen molar-refractivity contribution in [3.63, 3.8) is 0 Å². The molecule has 0 spiro atoms. The summed E-state index contributed by atoms with van der Waals surface area (Å²) in [5.41, 5.74) is -5.71. The average Bonchev–Trinajstić information content (AvgIpc) is 2.62. The lowest BCUT2D eigenvalue weighted by molar-refractivity contribution is -0.394. The Kier molecular flexibility index (Phi) is 6.13. The molecule has 0 aliphatic heterocycles. The first-order chi connectivity index (χ1) is 13.3. The predicted molar refractivity (Wildman–Crippen MR) is 99.0 cm³/mol. The molecule has 0 atom stereocenters. The molecule has 0 aliphatic carbocycles. The largest absolute Gasteiger partial charge is 0.418 e. The van der Waals surface area contributed by atoms with Crippen LogP contribution in [0.1, 0.15) is 16.7 Å². The van der Waals surface area contributed by atoms with Gasteiger partial charge in [-0.3, -0.25) is 20.2 Å². The molecular formula is C15H6Cl3F3N4O4. The van der Waals surface area contributed by atoms with Gasteiger partial charge in [0.2, 0.25) is 0 Å². The van der Waals surface area contributed by atoms with Crippen molar-refractivity contribution in [2.24, 2.45) is 0 Å². The fourth-order valence-electron chi connectivity index (χ4n) is 2.36. The third-order valence-corrected chi connectivity index (χ3v) is 5.06. The first-order valence-corrected chi connectivity index (χ1v) is 8.32. The maximum absolute atomic E-state index is 13.5. The second-order valence-corrected chi connectivity index (χ2v) is 6.59. The van der Waals surface area contributed by atoms with Crippen molar-refractivity contribution in [2.45, 2.75) is 13.1 Å². The molecule has 2 rings (SSSR count). The average molecular weight is 470 g/mol. The molecule has 0 fully saturated rings. The highest BCUT2D eigenvalue weighted by molar-refractivity contribution is 6.47.